The van der Waals surface area contributed by atoms with Crippen LogP contribution in [0.5, 0.6) is 5.75 Å². The molecule has 0 radical (unpaired) electrons. The predicted octanol–water partition coefficient (Wildman–Crippen LogP) is 4.21. The van der Waals surface area contributed by atoms with Crippen molar-refractivity contribution in [1.82, 2.24) is 4.98 Å². The molecule has 0 aliphatic heterocycles. The van der Waals surface area contributed by atoms with Crippen molar-refractivity contribution in [3.05, 3.63) is 35.7 Å². The molecule has 0 aliphatic carbocycles. The molecule has 1 atom stereocenters. The number of aromatic nitrogens is 1. The number of aliphatic hydroxyl groups is 1. The van der Waals surface area contributed by atoms with Crippen molar-refractivity contribution in [1.29, 1.82) is 0 Å². The third-order valence-corrected chi connectivity index (χ3v) is 4.12. The molecular formula is C22H31NO4. The van der Waals surface area contributed by atoms with Gasteiger partial charge in [0.15, 0.2) is 0 Å². The zero-order valence-corrected chi connectivity index (χ0v) is 16.2. The number of rotatable bonds is 12. The number of unbranched alkanes of at least 4 members (excludes halogenated alkanes) is 5. The number of hydrogen-bond donors (Lipinski definition) is 3. The summed E-state index contributed by atoms with van der Waals surface area (Å²) >= 11 is 0. The van der Waals surface area contributed by atoms with Crippen LogP contribution in [-0.2, 0) is 11.2 Å². The second-order valence-electron chi connectivity index (χ2n) is 6.60. The average Bonchev–Trinajstić information content (AvgIpc) is 2.64. The molecule has 5 heteroatoms. The largest absolute Gasteiger partial charge is 0.506 e. The molecule has 0 saturated carbocycles. The van der Waals surface area contributed by atoms with Gasteiger partial charge < -0.3 is 15.3 Å². The molecule has 0 saturated heterocycles. The number of aromatic hydroxyl groups is 1. The second-order valence-corrected chi connectivity index (χ2v) is 6.60. The van der Waals surface area contributed by atoms with Gasteiger partial charge in [0, 0.05) is 12.8 Å². The Labute approximate surface area is 162 Å². The van der Waals surface area contributed by atoms with Gasteiger partial charge in [0.1, 0.15) is 17.5 Å². The van der Waals surface area contributed by atoms with Gasteiger partial charge in [-0.05, 0) is 50.2 Å². The standard InChI is InChI=1S/C22H31NO4/c1-2-3-4-5-6-8-11-19(24)16-14-18-15-17-21(25)20(23-18)12-9-7-10-13-22(26)27/h6,8,15,17,19,24-25H,2-5,7,9-13H2,1H3,(H,26,27)/t19-/m0/s1. The Kier molecular flexibility index (Phi) is 11.6. The monoisotopic (exact) mass is 373 g/mol. The molecule has 27 heavy (non-hydrogen) atoms. The zero-order chi connectivity index (χ0) is 19.9. The van der Waals surface area contributed by atoms with Crippen LogP contribution in [0.2, 0.25) is 0 Å². The molecule has 0 unspecified atom stereocenters. The minimum atomic E-state index is -0.789. The van der Waals surface area contributed by atoms with Gasteiger partial charge in [-0.15, -0.1) is 0 Å². The van der Waals surface area contributed by atoms with Gasteiger partial charge in [-0.3, -0.25) is 4.79 Å². The van der Waals surface area contributed by atoms with E-state index in [1.807, 2.05) is 6.08 Å². The molecule has 0 spiro atoms. The first-order chi connectivity index (χ1) is 13.0. The van der Waals surface area contributed by atoms with Crippen molar-refractivity contribution in [2.45, 2.75) is 77.2 Å². The highest BCUT2D eigenvalue weighted by Gasteiger charge is 2.05. The fourth-order valence-corrected chi connectivity index (χ4v) is 2.56. The fourth-order valence-electron chi connectivity index (χ4n) is 2.56. The molecule has 0 fully saturated rings. The quantitative estimate of drug-likeness (QED) is 0.290. The molecule has 0 amide bonds. The van der Waals surface area contributed by atoms with E-state index in [9.17, 15) is 15.0 Å². The number of carbonyl (C=O) groups is 1. The number of aryl methyl sites for hydroxylation is 1. The van der Waals surface area contributed by atoms with E-state index >= 15 is 0 Å². The second kappa shape index (κ2) is 13.8. The van der Waals surface area contributed by atoms with Gasteiger partial charge in [0.05, 0.1) is 5.69 Å². The van der Waals surface area contributed by atoms with Crippen LogP contribution in [0.25, 0.3) is 0 Å². The van der Waals surface area contributed by atoms with Crippen LogP contribution in [0.1, 0.15) is 76.1 Å². The van der Waals surface area contributed by atoms with Crippen molar-refractivity contribution in [3.63, 3.8) is 0 Å². The minimum absolute atomic E-state index is 0.120. The van der Waals surface area contributed by atoms with Crippen molar-refractivity contribution < 1.29 is 20.1 Å². The molecule has 1 heterocycles. The maximum Gasteiger partial charge on any atom is 0.303 e. The minimum Gasteiger partial charge on any atom is -0.506 e. The molecule has 1 aromatic rings. The normalized spacial score (nSPS) is 11.9. The highest BCUT2D eigenvalue weighted by molar-refractivity contribution is 5.66. The maximum atomic E-state index is 10.5. The first-order valence-corrected chi connectivity index (χ1v) is 9.78. The summed E-state index contributed by atoms with van der Waals surface area (Å²) in [7, 11) is 0. The van der Waals surface area contributed by atoms with Crippen molar-refractivity contribution in [2.75, 3.05) is 0 Å². The van der Waals surface area contributed by atoms with Crippen LogP contribution in [0.3, 0.4) is 0 Å². The van der Waals surface area contributed by atoms with E-state index in [1.165, 1.54) is 19.3 Å². The Morgan fingerprint density at radius 3 is 2.74 bits per heavy atom. The van der Waals surface area contributed by atoms with Crippen LogP contribution in [0.4, 0.5) is 0 Å². The Morgan fingerprint density at radius 1 is 1.19 bits per heavy atom. The van der Waals surface area contributed by atoms with Crippen molar-refractivity contribution >= 4 is 5.97 Å². The number of carboxylic acid groups (broad SMARTS) is 1. The van der Waals surface area contributed by atoms with E-state index in [1.54, 1.807) is 12.1 Å². The first kappa shape index (κ1) is 22.7. The summed E-state index contributed by atoms with van der Waals surface area (Å²) < 4.78 is 0. The van der Waals surface area contributed by atoms with Gasteiger partial charge >= 0.3 is 5.97 Å². The highest BCUT2D eigenvalue weighted by atomic mass is 16.4. The molecule has 1 aromatic heterocycles. The van der Waals surface area contributed by atoms with Gasteiger partial charge in [-0.1, -0.05) is 44.3 Å². The van der Waals surface area contributed by atoms with Crippen LogP contribution in [-0.4, -0.2) is 32.4 Å². The van der Waals surface area contributed by atoms with E-state index in [2.05, 4.69) is 29.8 Å². The van der Waals surface area contributed by atoms with E-state index in [0.717, 1.165) is 19.3 Å². The Balaban J connectivity index is 2.46. The zero-order valence-electron chi connectivity index (χ0n) is 16.2. The number of allylic oxidation sites excluding steroid dienone is 1. The maximum absolute atomic E-state index is 10.5. The lowest BCUT2D eigenvalue weighted by molar-refractivity contribution is -0.137. The van der Waals surface area contributed by atoms with Crippen LogP contribution in [0.15, 0.2) is 24.3 Å². The lowest BCUT2D eigenvalue weighted by atomic mass is 10.1. The number of pyridine rings is 1. The van der Waals surface area contributed by atoms with E-state index in [4.69, 9.17) is 5.11 Å². The lowest BCUT2D eigenvalue weighted by Gasteiger charge is -2.04. The number of nitrogens with zero attached hydrogens (tertiary/aromatic N) is 1. The SMILES string of the molecule is CCCCCC=CC[C@H](O)C#Cc1ccc(O)c(CCCCCC(=O)O)n1. The summed E-state index contributed by atoms with van der Waals surface area (Å²) in [5.41, 5.74) is 1.07. The molecule has 0 aliphatic rings. The third kappa shape index (κ3) is 11.1. The molecule has 148 valence electrons. The Hall–Kier alpha value is -2.32. The number of aliphatic hydroxyl groups excluding tert-OH is 1. The predicted molar refractivity (Wildman–Crippen MR) is 106 cm³/mol. The van der Waals surface area contributed by atoms with Gasteiger partial charge in [0.25, 0.3) is 0 Å². The number of carboxylic acids is 1. The summed E-state index contributed by atoms with van der Waals surface area (Å²) in [5.74, 6) is 4.97. The Bertz CT molecular complexity index is 658. The van der Waals surface area contributed by atoms with Crippen molar-refractivity contribution in [2.24, 2.45) is 0 Å². The summed E-state index contributed by atoms with van der Waals surface area (Å²) in [5, 5.41) is 28.5. The lowest BCUT2D eigenvalue weighted by Crippen LogP contribution is -2.01. The average molecular weight is 373 g/mol. The van der Waals surface area contributed by atoms with Crippen LogP contribution in [0, 0.1) is 11.8 Å². The third-order valence-electron chi connectivity index (χ3n) is 4.12. The number of aliphatic carboxylic acids is 1. The summed E-state index contributed by atoms with van der Waals surface area (Å²) in [4.78, 5) is 14.8. The smallest absolute Gasteiger partial charge is 0.303 e. The van der Waals surface area contributed by atoms with E-state index in [-0.39, 0.29) is 12.2 Å². The summed E-state index contributed by atoms with van der Waals surface area (Å²) in [6.45, 7) is 2.17. The van der Waals surface area contributed by atoms with Gasteiger partial charge in [-0.2, -0.15) is 0 Å². The van der Waals surface area contributed by atoms with E-state index < -0.39 is 12.1 Å². The molecule has 5 nitrogen and oxygen atoms in total. The molecule has 1 rings (SSSR count). The first-order valence-electron chi connectivity index (χ1n) is 9.78. The Morgan fingerprint density at radius 2 is 2.00 bits per heavy atom. The van der Waals surface area contributed by atoms with Crippen LogP contribution >= 0.6 is 0 Å². The highest BCUT2D eigenvalue weighted by Crippen LogP contribution is 2.17. The molecule has 3 N–H and O–H groups in total. The molecule has 0 aromatic carbocycles. The fraction of sp³-hybridized carbons (Fsp3) is 0.545. The van der Waals surface area contributed by atoms with Crippen molar-refractivity contribution in [3.8, 4) is 17.6 Å². The van der Waals surface area contributed by atoms with Gasteiger partial charge in [0.2, 0.25) is 0 Å². The molecule has 0 bridgehead atoms. The summed E-state index contributed by atoms with van der Waals surface area (Å²) in [6.07, 6.45) is 11.3. The van der Waals surface area contributed by atoms with Crippen LogP contribution < -0.4 is 0 Å². The van der Waals surface area contributed by atoms with Gasteiger partial charge in [-0.25, -0.2) is 4.98 Å². The van der Waals surface area contributed by atoms with E-state index in [0.29, 0.717) is 30.7 Å². The number of hydrogen-bond acceptors (Lipinski definition) is 4. The molecular weight excluding hydrogens is 342 g/mol. The topological polar surface area (TPSA) is 90.7 Å². The summed E-state index contributed by atoms with van der Waals surface area (Å²) in [6, 6.07) is 3.19.